The largest absolute Gasteiger partial charge is 0.481 e. The summed E-state index contributed by atoms with van der Waals surface area (Å²) in [5.41, 5.74) is 0.757. The zero-order valence-electron chi connectivity index (χ0n) is 15.0. The van der Waals surface area contributed by atoms with Crippen LogP contribution in [-0.2, 0) is 14.4 Å². The summed E-state index contributed by atoms with van der Waals surface area (Å²) in [4.78, 5) is 51.0. The van der Waals surface area contributed by atoms with Gasteiger partial charge in [0.05, 0.1) is 10.8 Å². The number of imide groups is 1. The van der Waals surface area contributed by atoms with Crippen molar-refractivity contribution in [2.45, 2.75) is 19.3 Å². The summed E-state index contributed by atoms with van der Waals surface area (Å²) in [5, 5.41) is 9.19. The van der Waals surface area contributed by atoms with Crippen LogP contribution in [0.15, 0.2) is 29.2 Å². The summed E-state index contributed by atoms with van der Waals surface area (Å²) in [6.45, 7) is 0.780. The van der Waals surface area contributed by atoms with E-state index in [2.05, 4.69) is 0 Å². The molecule has 0 aromatic heterocycles. The second kappa shape index (κ2) is 8.79. The first-order valence-electron chi connectivity index (χ1n) is 8.86. The highest BCUT2D eigenvalue weighted by Gasteiger charge is 2.35. The maximum Gasteiger partial charge on any atom is 0.306 e. The van der Waals surface area contributed by atoms with Crippen LogP contribution in [0.3, 0.4) is 0 Å². The number of aliphatic carboxylic acids is 1. The molecule has 28 heavy (non-hydrogen) atoms. The lowest BCUT2D eigenvalue weighted by Gasteiger charge is -2.30. The number of carboxylic acids is 1. The van der Waals surface area contributed by atoms with E-state index in [1.54, 1.807) is 35.2 Å². The fourth-order valence-corrected chi connectivity index (χ4v) is 4.14. The first-order chi connectivity index (χ1) is 13.3. The maximum absolute atomic E-state index is 12.5. The van der Waals surface area contributed by atoms with Crippen molar-refractivity contribution in [2.24, 2.45) is 5.92 Å². The van der Waals surface area contributed by atoms with Crippen LogP contribution in [0.5, 0.6) is 0 Å². The number of rotatable bonds is 5. The lowest BCUT2D eigenvalue weighted by atomic mass is 9.97. The fraction of sp³-hybridized carbons (Fsp3) is 0.368. The Morgan fingerprint density at radius 3 is 2.43 bits per heavy atom. The minimum absolute atomic E-state index is 0.0142. The summed E-state index contributed by atoms with van der Waals surface area (Å²) in [6.07, 6.45) is 2.50. The molecule has 0 spiro atoms. The van der Waals surface area contributed by atoms with Crippen LogP contribution in [0.1, 0.15) is 24.8 Å². The van der Waals surface area contributed by atoms with Gasteiger partial charge in [-0.15, -0.1) is 0 Å². The molecule has 9 heteroatoms. The van der Waals surface area contributed by atoms with E-state index in [-0.39, 0.29) is 18.9 Å². The van der Waals surface area contributed by atoms with Crippen LogP contribution < -0.4 is 0 Å². The predicted molar refractivity (Wildman–Crippen MR) is 106 cm³/mol. The number of carboxylic acid groups (broad SMARTS) is 1. The molecule has 3 rings (SSSR count). The van der Waals surface area contributed by atoms with Crippen molar-refractivity contribution in [3.8, 4) is 0 Å². The molecular formula is C19H19ClN2O5S. The van der Waals surface area contributed by atoms with E-state index in [9.17, 15) is 19.2 Å². The number of carbonyl (C=O) groups is 4. The Labute approximate surface area is 171 Å². The van der Waals surface area contributed by atoms with Crippen molar-refractivity contribution in [2.75, 3.05) is 19.6 Å². The molecule has 2 fully saturated rings. The molecule has 0 saturated carbocycles. The Hall–Kier alpha value is -2.32. The maximum atomic E-state index is 12.5. The highest BCUT2D eigenvalue weighted by molar-refractivity contribution is 8.18. The highest BCUT2D eigenvalue weighted by atomic mass is 35.5. The number of hydrogen-bond acceptors (Lipinski definition) is 5. The van der Waals surface area contributed by atoms with Crippen molar-refractivity contribution < 1.29 is 24.3 Å². The molecule has 0 aliphatic carbocycles. The van der Waals surface area contributed by atoms with Crippen LogP contribution in [-0.4, -0.2) is 57.6 Å². The van der Waals surface area contributed by atoms with E-state index >= 15 is 0 Å². The van der Waals surface area contributed by atoms with Gasteiger partial charge in [-0.3, -0.25) is 24.1 Å². The molecule has 0 bridgehead atoms. The number of carbonyl (C=O) groups excluding carboxylic acids is 3. The molecule has 3 amide bonds. The third kappa shape index (κ3) is 4.74. The number of nitrogens with zero attached hydrogens (tertiary/aromatic N) is 2. The number of amides is 3. The van der Waals surface area contributed by atoms with Crippen LogP contribution in [0.25, 0.3) is 6.08 Å². The van der Waals surface area contributed by atoms with Gasteiger partial charge in [-0.05, 0) is 48.4 Å². The Morgan fingerprint density at radius 2 is 1.82 bits per heavy atom. The average Bonchev–Trinajstić information content (AvgIpc) is 2.94. The number of halogens is 1. The third-order valence-electron chi connectivity index (χ3n) is 4.79. The molecular weight excluding hydrogens is 404 g/mol. The standard InChI is InChI=1S/C19H19ClN2O5S/c20-14-3-1-12(2-4-14)11-15-17(24)22(19(27)28-15)10-7-16(23)21-8-5-13(6-9-21)18(25)26/h1-4,11,13H,5-10H2,(H,25,26). The molecule has 1 aromatic carbocycles. The van der Waals surface area contributed by atoms with Crippen LogP contribution in [0.4, 0.5) is 4.79 Å². The van der Waals surface area contributed by atoms with Gasteiger partial charge in [-0.25, -0.2) is 0 Å². The molecule has 2 heterocycles. The summed E-state index contributed by atoms with van der Waals surface area (Å²) in [7, 11) is 0. The molecule has 0 atom stereocenters. The minimum Gasteiger partial charge on any atom is -0.481 e. The summed E-state index contributed by atoms with van der Waals surface area (Å²) in [6, 6.07) is 6.90. The second-order valence-electron chi connectivity index (χ2n) is 6.63. The quantitative estimate of drug-likeness (QED) is 0.732. The number of hydrogen-bond donors (Lipinski definition) is 1. The SMILES string of the molecule is O=C(O)C1CCN(C(=O)CCN2C(=O)SC(=Cc3ccc(Cl)cc3)C2=O)CC1. The zero-order chi connectivity index (χ0) is 20.3. The topological polar surface area (TPSA) is 95.0 Å². The summed E-state index contributed by atoms with van der Waals surface area (Å²) >= 11 is 6.69. The molecule has 0 radical (unpaired) electrons. The van der Waals surface area contributed by atoms with Crippen molar-refractivity contribution >= 4 is 52.5 Å². The molecule has 7 nitrogen and oxygen atoms in total. The summed E-state index contributed by atoms with van der Waals surface area (Å²) in [5.74, 6) is -1.84. The first kappa shape index (κ1) is 20.4. The zero-order valence-corrected chi connectivity index (χ0v) is 16.5. The average molecular weight is 423 g/mol. The van der Waals surface area contributed by atoms with Crippen molar-refractivity contribution in [3.63, 3.8) is 0 Å². The van der Waals surface area contributed by atoms with Gasteiger partial charge in [-0.2, -0.15) is 0 Å². The highest BCUT2D eigenvalue weighted by Crippen LogP contribution is 2.32. The second-order valence-corrected chi connectivity index (χ2v) is 8.06. The van der Waals surface area contributed by atoms with E-state index < -0.39 is 23.0 Å². The minimum atomic E-state index is -0.836. The predicted octanol–water partition coefficient (Wildman–Crippen LogP) is 3.09. The summed E-state index contributed by atoms with van der Waals surface area (Å²) < 4.78 is 0. The fourth-order valence-electron chi connectivity index (χ4n) is 3.14. The number of thioether (sulfide) groups is 1. The molecule has 2 saturated heterocycles. The Bertz CT molecular complexity index is 831. The van der Waals surface area contributed by atoms with E-state index in [1.807, 2.05) is 0 Å². The number of piperidine rings is 1. The van der Waals surface area contributed by atoms with Crippen LogP contribution in [0.2, 0.25) is 5.02 Å². The molecule has 2 aliphatic rings. The van der Waals surface area contributed by atoms with E-state index in [0.717, 1.165) is 22.2 Å². The van der Waals surface area contributed by atoms with Gasteiger partial charge in [0, 0.05) is 31.1 Å². The van der Waals surface area contributed by atoms with Crippen molar-refractivity contribution in [1.82, 2.24) is 9.80 Å². The molecule has 0 unspecified atom stereocenters. The van der Waals surface area contributed by atoms with E-state index in [4.69, 9.17) is 16.7 Å². The normalized spacial score (nSPS) is 19.5. The van der Waals surface area contributed by atoms with Crippen molar-refractivity contribution in [3.05, 3.63) is 39.8 Å². The van der Waals surface area contributed by atoms with E-state index in [1.165, 1.54) is 0 Å². The third-order valence-corrected chi connectivity index (χ3v) is 5.95. The smallest absolute Gasteiger partial charge is 0.306 e. The van der Waals surface area contributed by atoms with Crippen molar-refractivity contribution in [1.29, 1.82) is 0 Å². The molecule has 2 aliphatic heterocycles. The molecule has 148 valence electrons. The molecule has 1 aromatic rings. The number of likely N-dealkylation sites (tertiary alicyclic amines) is 1. The molecule has 1 N–H and O–H groups in total. The van der Waals surface area contributed by atoms with Crippen LogP contribution in [0, 0.1) is 5.92 Å². The number of benzene rings is 1. The van der Waals surface area contributed by atoms with Crippen LogP contribution >= 0.6 is 23.4 Å². The van der Waals surface area contributed by atoms with E-state index in [0.29, 0.717) is 35.9 Å². The first-order valence-corrected chi connectivity index (χ1v) is 10.1. The van der Waals surface area contributed by atoms with Gasteiger partial charge in [0.1, 0.15) is 0 Å². The monoisotopic (exact) mass is 422 g/mol. The Balaban J connectivity index is 1.55. The van der Waals surface area contributed by atoms with Gasteiger partial charge in [0.25, 0.3) is 11.1 Å². The van der Waals surface area contributed by atoms with Gasteiger partial charge < -0.3 is 10.0 Å². The van der Waals surface area contributed by atoms with Gasteiger partial charge in [0.15, 0.2) is 0 Å². The Morgan fingerprint density at radius 1 is 1.18 bits per heavy atom. The van der Waals surface area contributed by atoms with Gasteiger partial charge in [-0.1, -0.05) is 23.7 Å². The van der Waals surface area contributed by atoms with Gasteiger partial charge >= 0.3 is 5.97 Å². The lowest BCUT2D eigenvalue weighted by molar-refractivity contribution is -0.145. The Kier molecular flexibility index (Phi) is 6.41. The van der Waals surface area contributed by atoms with Gasteiger partial charge in [0.2, 0.25) is 5.91 Å². The lowest BCUT2D eigenvalue weighted by Crippen LogP contribution is -2.42.